The molecular formula is C23H21F4N5O3S. The fourth-order valence-electron chi connectivity index (χ4n) is 3.95. The molecule has 1 fully saturated rings. The molecule has 2 heterocycles. The molecule has 190 valence electrons. The van der Waals surface area contributed by atoms with Gasteiger partial charge >= 0.3 is 6.18 Å². The highest BCUT2D eigenvalue weighted by Gasteiger charge is 2.38. The summed E-state index contributed by atoms with van der Waals surface area (Å²) in [6.45, 7) is 2.27. The first-order chi connectivity index (χ1) is 16.8. The number of aromatic nitrogens is 2. The number of carbonyl (C=O) groups excluding carboxylic acids is 1. The Balaban J connectivity index is 2.00. The average Bonchev–Trinajstić information content (AvgIpc) is 2.83. The summed E-state index contributed by atoms with van der Waals surface area (Å²) in [6, 6.07) is 10.1. The molecule has 4 rings (SSSR count). The van der Waals surface area contributed by atoms with E-state index in [0.29, 0.717) is 0 Å². The maximum atomic E-state index is 13.9. The third-order valence-corrected chi connectivity index (χ3v) is 6.65. The van der Waals surface area contributed by atoms with Gasteiger partial charge in [0.15, 0.2) is 0 Å². The van der Waals surface area contributed by atoms with Crippen LogP contribution in [-0.2, 0) is 21.0 Å². The predicted molar refractivity (Wildman–Crippen MR) is 124 cm³/mol. The number of benzene rings is 2. The number of sulfonamides is 1. The summed E-state index contributed by atoms with van der Waals surface area (Å²) in [6.07, 6.45) is -4.90. The maximum absolute atomic E-state index is 13.9. The normalized spacial score (nSPS) is 14.7. The fraction of sp³-hybridized carbons (Fsp3) is 0.261. The van der Waals surface area contributed by atoms with Crippen molar-refractivity contribution in [3.8, 4) is 22.4 Å². The number of carbonyl (C=O) groups is 1. The number of primary sulfonamides is 1. The standard InChI is InChI=1S/C23H21F4N5O3S/c1-14(33)31-9-11-32(12-10-31)21-19(16-3-2-4-18(13-16)36(28,34)35)20(15-5-7-17(24)8-6-15)29-22(30-21)23(25,26)27/h2-8,13H,9-12H2,1H3,(H2,28,34,35). The Morgan fingerprint density at radius 1 is 0.972 bits per heavy atom. The number of piperazine rings is 1. The van der Waals surface area contributed by atoms with Gasteiger partial charge in [-0.2, -0.15) is 13.2 Å². The van der Waals surface area contributed by atoms with Crippen LogP contribution in [0.15, 0.2) is 53.4 Å². The second kappa shape index (κ2) is 9.47. The summed E-state index contributed by atoms with van der Waals surface area (Å²) in [5.74, 6) is -2.26. The molecule has 0 unspecified atom stereocenters. The van der Waals surface area contributed by atoms with Crippen molar-refractivity contribution >= 4 is 21.7 Å². The van der Waals surface area contributed by atoms with Gasteiger partial charge in [0.2, 0.25) is 21.8 Å². The van der Waals surface area contributed by atoms with Gasteiger partial charge in [0.1, 0.15) is 11.6 Å². The molecule has 2 aromatic carbocycles. The first-order valence-corrected chi connectivity index (χ1v) is 12.3. The molecule has 1 aliphatic heterocycles. The van der Waals surface area contributed by atoms with E-state index < -0.39 is 27.8 Å². The van der Waals surface area contributed by atoms with Crippen LogP contribution in [0.3, 0.4) is 0 Å². The molecule has 1 saturated heterocycles. The molecular weight excluding hydrogens is 502 g/mol. The number of hydrogen-bond acceptors (Lipinski definition) is 6. The third kappa shape index (κ3) is 5.31. The fourth-order valence-corrected chi connectivity index (χ4v) is 4.51. The summed E-state index contributed by atoms with van der Waals surface area (Å²) in [5.41, 5.74) is 0.340. The lowest BCUT2D eigenvalue weighted by molar-refractivity contribution is -0.144. The number of alkyl halides is 3. The molecule has 0 spiro atoms. The van der Waals surface area contributed by atoms with Crippen LogP contribution < -0.4 is 10.0 Å². The molecule has 1 aromatic heterocycles. The highest BCUT2D eigenvalue weighted by molar-refractivity contribution is 7.89. The largest absolute Gasteiger partial charge is 0.451 e. The van der Waals surface area contributed by atoms with Crippen LogP contribution in [0.25, 0.3) is 22.4 Å². The first-order valence-electron chi connectivity index (χ1n) is 10.7. The van der Waals surface area contributed by atoms with Crippen LogP contribution >= 0.6 is 0 Å². The summed E-state index contributed by atoms with van der Waals surface area (Å²) in [7, 11) is -4.13. The lowest BCUT2D eigenvalue weighted by atomic mass is 9.98. The van der Waals surface area contributed by atoms with Gasteiger partial charge in [0, 0.05) is 38.7 Å². The van der Waals surface area contributed by atoms with E-state index in [1.807, 2.05) is 0 Å². The van der Waals surface area contributed by atoms with Crippen molar-refractivity contribution in [2.24, 2.45) is 5.14 Å². The van der Waals surface area contributed by atoms with Crippen LogP contribution in [0.4, 0.5) is 23.4 Å². The van der Waals surface area contributed by atoms with Crippen molar-refractivity contribution in [1.29, 1.82) is 0 Å². The third-order valence-electron chi connectivity index (χ3n) is 5.74. The van der Waals surface area contributed by atoms with Gasteiger partial charge in [-0.15, -0.1) is 0 Å². The van der Waals surface area contributed by atoms with E-state index in [0.717, 1.165) is 12.1 Å². The molecule has 13 heteroatoms. The van der Waals surface area contributed by atoms with Gasteiger partial charge in [0.05, 0.1) is 16.2 Å². The second-order valence-electron chi connectivity index (χ2n) is 8.17. The van der Waals surface area contributed by atoms with Crippen molar-refractivity contribution in [1.82, 2.24) is 14.9 Å². The number of amides is 1. The monoisotopic (exact) mass is 523 g/mol. The van der Waals surface area contributed by atoms with Gasteiger partial charge in [-0.1, -0.05) is 12.1 Å². The predicted octanol–water partition coefficient (Wildman–Crippen LogP) is 3.28. The molecule has 0 aliphatic carbocycles. The lowest BCUT2D eigenvalue weighted by Crippen LogP contribution is -2.48. The Hall–Kier alpha value is -3.58. The summed E-state index contributed by atoms with van der Waals surface area (Å²) < 4.78 is 79.2. The molecule has 0 radical (unpaired) electrons. The Morgan fingerprint density at radius 2 is 1.61 bits per heavy atom. The molecule has 2 N–H and O–H groups in total. The van der Waals surface area contributed by atoms with E-state index in [4.69, 9.17) is 5.14 Å². The van der Waals surface area contributed by atoms with Gasteiger partial charge in [-0.3, -0.25) is 4.79 Å². The number of halogens is 4. The Morgan fingerprint density at radius 3 is 2.17 bits per heavy atom. The van der Waals surface area contributed by atoms with Crippen molar-refractivity contribution in [3.05, 3.63) is 60.2 Å². The van der Waals surface area contributed by atoms with Gasteiger partial charge < -0.3 is 9.80 Å². The Bertz CT molecular complexity index is 1400. The lowest BCUT2D eigenvalue weighted by Gasteiger charge is -2.36. The number of nitrogens with two attached hydrogens (primary N) is 1. The smallest absolute Gasteiger partial charge is 0.352 e. The summed E-state index contributed by atoms with van der Waals surface area (Å²) in [5, 5.41) is 5.28. The first kappa shape index (κ1) is 25.5. The topological polar surface area (TPSA) is 109 Å². The molecule has 36 heavy (non-hydrogen) atoms. The van der Waals surface area contributed by atoms with Crippen molar-refractivity contribution in [2.75, 3.05) is 31.1 Å². The molecule has 1 aliphatic rings. The SMILES string of the molecule is CC(=O)N1CCN(c2nc(C(F)(F)F)nc(-c3ccc(F)cc3)c2-c2cccc(S(N)(=O)=O)c2)CC1. The molecule has 8 nitrogen and oxygen atoms in total. The van der Waals surface area contributed by atoms with Crippen LogP contribution in [0, 0.1) is 5.82 Å². The minimum atomic E-state index is -4.90. The van der Waals surface area contributed by atoms with Crippen LogP contribution in [0.2, 0.25) is 0 Å². The van der Waals surface area contributed by atoms with Gasteiger partial charge in [-0.05, 0) is 42.0 Å². The zero-order valence-corrected chi connectivity index (χ0v) is 19.8. The zero-order valence-electron chi connectivity index (χ0n) is 19.0. The quantitative estimate of drug-likeness (QED) is 0.526. The van der Waals surface area contributed by atoms with Gasteiger partial charge in [-0.25, -0.2) is 27.9 Å². The van der Waals surface area contributed by atoms with E-state index in [-0.39, 0.29) is 65.2 Å². The van der Waals surface area contributed by atoms with E-state index in [1.165, 1.54) is 43.3 Å². The van der Waals surface area contributed by atoms with Crippen molar-refractivity contribution < 1.29 is 30.8 Å². The highest BCUT2D eigenvalue weighted by Crippen LogP contribution is 2.41. The van der Waals surface area contributed by atoms with E-state index in [2.05, 4.69) is 9.97 Å². The number of anilines is 1. The molecule has 0 bridgehead atoms. The number of hydrogen-bond donors (Lipinski definition) is 1. The van der Waals surface area contributed by atoms with E-state index in [9.17, 15) is 30.8 Å². The number of nitrogens with zero attached hydrogens (tertiary/aromatic N) is 4. The minimum absolute atomic E-state index is 0.0913. The number of rotatable bonds is 4. The molecule has 0 atom stereocenters. The van der Waals surface area contributed by atoms with Crippen LogP contribution in [0.5, 0.6) is 0 Å². The average molecular weight is 524 g/mol. The van der Waals surface area contributed by atoms with Crippen molar-refractivity contribution in [3.63, 3.8) is 0 Å². The summed E-state index contributed by atoms with van der Waals surface area (Å²) in [4.78, 5) is 22.3. The molecule has 3 aromatic rings. The van der Waals surface area contributed by atoms with Gasteiger partial charge in [0.25, 0.3) is 0 Å². The Labute approximate surface area is 204 Å². The minimum Gasteiger partial charge on any atom is -0.352 e. The second-order valence-corrected chi connectivity index (χ2v) is 9.73. The summed E-state index contributed by atoms with van der Waals surface area (Å²) >= 11 is 0. The van der Waals surface area contributed by atoms with Crippen LogP contribution in [0.1, 0.15) is 12.7 Å². The maximum Gasteiger partial charge on any atom is 0.451 e. The molecule has 1 amide bonds. The van der Waals surface area contributed by atoms with Crippen LogP contribution in [-0.4, -0.2) is 55.4 Å². The van der Waals surface area contributed by atoms with Crippen molar-refractivity contribution in [2.45, 2.75) is 18.0 Å². The zero-order chi connectivity index (χ0) is 26.3. The van der Waals surface area contributed by atoms with E-state index in [1.54, 1.807) is 9.80 Å². The Kier molecular flexibility index (Phi) is 6.71. The molecule has 0 saturated carbocycles. The van der Waals surface area contributed by atoms with E-state index >= 15 is 0 Å². The highest BCUT2D eigenvalue weighted by atomic mass is 32.2.